The van der Waals surface area contributed by atoms with Crippen molar-refractivity contribution in [1.82, 2.24) is 10.0 Å². The molecule has 12 heteroatoms. The summed E-state index contributed by atoms with van der Waals surface area (Å²) in [6.45, 7) is 3.59. The van der Waals surface area contributed by atoms with Crippen molar-refractivity contribution in [2.45, 2.75) is 30.8 Å². The zero-order chi connectivity index (χ0) is 24.6. The largest absolute Gasteiger partial charge is 0.491 e. The zero-order valence-electron chi connectivity index (χ0n) is 18.6. The number of rotatable bonds is 10. The Bertz CT molecular complexity index is 1150. The number of para-hydroxylation sites is 1. The van der Waals surface area contributed by atoms with Crippen LogP contribution in [-0.2, 0) is 19.6 Å². The SMILES string of the molecule is CCCOc1cccc(C(=O)OC(=O)C[C@@H](N)NS(=O)(=O)c2ccccc2)c1NC1=NCCN1. The number of nitrogens with two attached hydrogens (primary N) is 1. The van der Waals surface area contributed by atoms with Gasteiger partial charge < -0.3 is 25.8 Å². The molecule has 0 saturated heterocycles. The summed E-state index contributed by atoms with van der Waals surface area (Å²) in [5, 5.41) is 6.06. The molecule has 1 aliphatic heterocycles. The molecule has 11 nitrogen and oxygen atoms in total. The number of aliphatic imine (C=N–C) groups is 1. The standard InChI is InChI=1S/C22H27N5O6S/c1-2-13-32-17-10-6-9-16(20(17)26-22-24-11-12-25-22)21(29)33-19(28)14-18(23)27-34(30,31)15-7-4-3-5-8-15/h3-10,18,27H,2,11-14,23H2,1H3,(H2,24,25,26)/t18-/m0/s1. The third-order valence-corrected chi connectivity index (χ3v) is 6.08. The van der Waals surface area contributed by atoms with Gasteiger partial charge in [-0.2, -0.15) is 4.72 Å². The second-order valence-electron chi connectivity index (χ2n) is 7.32. The van der Waals surface area contributed by atoms with Crippen LogP contribution in [0.4, 0.5) is 5.69 Å². The summed E-state index contributed by atoms with van der Waals surface area (Å²) in [6.07, 6.45) is -1.09. The molecule has 3 rings (SSSR count). The fourth-order valence-electron chi connectivity index (χ4n) is 3.05. The van der Waals surface area contributed by atoms with Crippen molar-refractivity contribution < 1.29 is 27.5 Å². The molecule has 5 N–H and O–H groups in total. The Morgan fingerprint density at radius 3 is 2.62 bits per heavy atom. The normalized spacial score (nSPS) is 14.0. The molecule has 1 heterocycles. The molecule has 0 aromatic heterocycles. The molecule has 182 valence electrons. The quantitative estimate of drug-likeness (QED) is 0.218. The Hall–Kier alpha value is -3.48. The maximum Gasteiger partial charge on any atom is 0.348 e. The van der Waals surface area contributed by atoms with Crippen LogP contribution in [0, 0.1) is 0 Å². The van der Waals surface area contributed by atoms with E-state index in [1.165, 1.54) is 18.2 Å². The predicted octanol–water partition coefficient (Wildman–Crippen LogP) is 1.18. The fraction of sp³-hybridized carbons (Fsp3) is 0.318. The van der Waals surface area contributed by atoms with Gasteiger partial charge in [0.25, 0.3) is 0 Å². The number of anilines is 1. The van der Waals surface area contributed by atoms with Gasteiger partial charge in [-0.1, -0.05) is 31.2 Å². The molecule has 0 spiro atoms. The topological polar surface area (TPSA) is 161 Å². The van der Waals surface area contributed by atoms with Gasteiger partial charge in [0.2, 0.25) is 10.0 Å². The minimum Gasteiger partial charge on any atom is -0.491 e. The second kappa shape index (κ2) is 11.6. The van der Waals surface area contributed by atoms with Crippen molar-refractivity contribution in [2.24, 2.45) is 10.7 Å². The van der Waals surface area contributed by atoms with E-state index in [0.29, 0.717) is 37.1 Å². The third-order valence-electron chi connectivity index (χ3n) is 4.58. The van der Waals surface area contributed by atoms with Crippen LogP contribution in [0.1, 0.15) is 30.1 Å². The fourth-order valence-corrected chi connectivity index (χ4v) is 4.18. The second-order valence-corrected chi connectivity index (χ2v) is 9.03. The lowest BCUT2D eigenvalue weighted by molar-refractivity contribution is -0.138. The molecular formula is C22H27N5O6S. The van der Waals surface area contributed by atoms with Gasteiger partial charge in [-0.05, 0) is 30.7 Å². The van der Waals surface area contributed by atoms with Crippen molar-refractivity contribution in [3.8, 4) is 5.75 Å². The molecule has 2 aromatic carbocycles. The molecule has 0 aliphatic carbocycles. The van der Waals surface area contributed by atoms with E-state index in [0.717, 1.165) is 6.42 Å². The first-order valence-electron chi connectivity index (χ1n) is 10.7. The number of esters is 2. The number of carbonyl (C=O) groups excluding carboxylic acids is 2. The van der Waals surface area contributed by atoms with E-state index in [2.05, 4.69) is 20.3 Å². The summed E-state index contributed by atoms with van der Waals surface area (Å²) in [5.41, 5.74) is 6.13. The van der Waals surface area contributed by atoms with Gasteiger partial charge in [-0.15, -0.1) is 0 Å². The van der Waals surface area contributed by atoms with E-state index >= 15 is 0 Å². The average molecular weight is 490 g/mol. The van der Waals surface area contributed by atoms with Gasteiger partial charge in [0.05, 0.1) is 41.9 Å². The molecule has 0 saturated carbocycles. The monoisotopic (exact) mass is 489 g/mol. The van der Waals surface area contributed by atoms with Crippen molar-refractivity contribution >= 4 is 33.6 Å². The molecule has 0 bridgehead atoms. The number of nitrogens with one attached hydrogen (secondary N) is 3. The van der Waals surface area contributed by atoms with Crippen LogP contribution in [0.3, 0.4) is 0 Å². The lowest BCUT2D eigenvalue weighted by Crippen LogP contribution is -2.43. The summed E-state index contributed by atoms with van der Waals surface area (Å²) < 4.78 is 37.6. The van der Waals surface area contributed by atoms with E-state index in [9.17, 15) is 18.0 Å². The van der Waals surface area contributed by atoms with Gasteiger partial charge in [-0.3, -0.25) is 9.79 Å². The van der Waals surface area contributed by atoms with E-state index < -0.39 is 34.5 Å². The number of guanidine groups is 1. The van der Waals surface area contributed by atoms with Crippen LogP contribution in [0.5, 0.6) is 5.75 Å². The maximum absolute atomic E-state index is 12.8. The van der Waals surface area contributed by atoms with Gasteiger partial charge in [0.15, 0.2) is 5.96 Å². The minimum atomic E-state index is -3.93. The number of hydrogen-bond acceptors (Lipinski definition) is 10. The van der Waals surface area contributed by atoms with Crippen molar-refractivity contribution in [3.63, 3.8) is 0 Å². The van der Waals surface area contributed by atoms with Crippen molar-refractivity contribution in [3.05, 3.63) is 54.1 Å². The summed E-state index contributed by atoms with van der Waals surface area (Å²) in [6, 6.07) is 12.3. The maximum atomic E-state index is 12.8. The number of carbonyl (C=O) groups is 2. The molecule has 1 aliphatic rings. The van der Waals surface area contributed by atoms with Gasteiger partial charge >= 0.3 is 11.9 Å². The highest BCUT2D eigenvalue weighted by Gasteiger charge is 2.24. The average Bonchev–Trinajstić information content (AvgIpc) is 3.31. The third kappa shape index (κ3) is 6.76. The first-order valence-corrected chi connectivity index (χ1v) is 12.2. The van der Waals surface area contributed by atoms with Crippen LogP contribution in [0.2, 0.25) is 0 Å². The Morgan fingerprint density at radius 2 is 1.94 bits per heavy atom. The van der Waals surface area contributed by atoms with E-state index in [1.54, 1.807) is 30.3 Å². The van der Waals surface area contributed by atoms with Crippen molar-refractivity contribution in [1.29, 1.82) is 0 Å². The summed E-state index contributed by atoms with van der Waals surface area (Å²) >= 11 is 0. The molecule has 0 unspecified atom stereocenters. The zero-order valence-corrected chi connectivity index (χ0v) is 19.4. The van der Waals surface area contributed by atoms with E-state index in [4.69, 9.17) is 15.2 Å². The van der Waals surface area contributed by atoms with Gasteiger partial charge in [0, 0.05) is 6.54 Å². The smallest absolute Gasteiger partial charge is 0.348 e. The van der Waals surface area contributed by atoms with Gasteiger partial charge in [-0.25, -0.2) is 13.2 Å². The minimum absolute atomic E-state index is 0.00191. The Balaban J connectivity index is 1.68. The highest BCUT2D eigenvalue weighted by molar-refractivity contribution is 7.89. The van der Waals surface area contributed by atoms with E-state index in [1.807, 2.05) is 6.92 Å². The Morgan fingerprint density at radius 1 is 1.18 bits per heavy atom. The van der Waals surface area contributed by atoms with E-state index in [-0.39, 0.29) is 10.5 Å². The number of sulfonamides is 1. The van der Waals surface area contributed by atoms with Crippen LogP contribution in [-0.4, -0.2) is 52.2 Å². The number of ether oxygens (including phenoxy) is 2. The van der Waals surface area contributed by atoms with Crippen molar-refractivity contribution in [2.75, 3.05) is 25.0 Å². The van der Waals surface area contributed by atoms with Crippen LogP contribution in [0.25, 0.3) is 0 Å². The Kier molecular flexibility index (Phi) is 8.57. The van der Waals surface area contributed by atoms with Crippen LogP contribution in [0.15, 0.2) is 58.4 Å². The van der Waals surface area contributed by atoms with Crippen LogP contribution >= 0.6 is 0 Å². The lowest BCUT2D eigenvalue weighted by atomic mass is 10.1. The lowest BCUT2D eigenvalue weighted by Gasteiger charge is -2.17. The molecule has 2 aromatic rings. The highest BCUT2D eigenvalue weighted by Crippen LogP contribution is 2.30. The number of hydrogen-bond donors (Lipinski definition) is 4. The summed E-state index contributed by atoms with van der Waals surface area (Å²) in [4.78, 5) is 29.4. The number of benzene rings is 2. The number of nitrogens with zero attached hydrogens (tertiary/aromatic N) is 1. The Labute approximate surface area is 197 Å². The molecule has 0 radical (unpaired) electrons. The first-order chi connectivity index (χ1) is 16.3. The molecular weight excluding hydrogens is 462 g/mol. The summed E-state index contributed by atoms with van der Waals surface area (Å²) in [5.74, 6) is -1.07. The van der Waals surface area contributed by atoms with Gasteiger partial charge in [0.1, 0.15) is 5.75 Å². The summed E-state index contributed by atoms with van der Waals surface area (Å²) in [7, 11) is -3.93. The predicted molar refractivity (Wildman–Crippen MR) is 126 cm³/mol. The highest BCUT2D eigenvalue weighted by atomic mass is 32.2. The molecule has 34 heavy (non-hydrogen) atoms. The molecule has 0 fully saturated rings. The first kappa shape index (κ1) is 25.1. The van der Waals surface area contributed by atoms with Crippen LogP contribution < -0.4 is 25.8 Å². The molecule has 1 atom stereocenters. The molecule has 0 amide bonds.